The Morgan fingerprint density at radius 3 is 2.59 bits per heavy atom. The van der Waals surface area contributed by atoms with Crippen LogP contribution in [0.25, 0.3) is 11.0 Å². The zero-order chi connectivity index (χ0) is 19.6. The first-order valence-electron chi connectivity index (χ1n) is 8.63. The minimum Gasteiger partial charge on any atom is -0.352 e. The van der Waals surface area contributed by atoms with Crippen LogP contribution in [0.2, 0.25) is 0 Å². The topological polar surface area (TPSA) is 102 Å². The van der Waals surface area contributed by atoms with Gasteiger partial charge in [0.25, 0.3) is 0 Å². The molecular formula is C19H23N5O2S. The van der Waals surface area contributed by atoms with Crippen molar-refractivity contribution in [3.8, 4) is 0 Å². The average Bonchev–Trinajstić information content (AvgIpc) is 3.20. The van der Waals surface area contributed by atoms with Crippen LogP contribution in [0.1, 0.15) is 38.1 Å². The molecule has 0 radical (unpaired) electrons. The molecule has 3 rings (SSSR count). The molecule has 2 heterocycles. The lowest BCUT2D eigenvalue weighted by molar-refractivity contribution is -0.116. The van der Waals surface area contributed by atoms with Crippen LogP contribution in [0.3, 0.4) is 0 Å². The number of anilines is 1. The maximum Gasteiger partial charge on any atom is 0.312 e. The number of fused-ring (bicyclic) bond motifs is 1. The number of carbonyl (C=O) groups excluding carboxylic acids is 2. The van der Waals surface area contributed by atoms with Crippen molar-refractivity contribution in [2.24, 2.45) is 5.73 Å². The molecule has 0 aliphatic carbocycles. The smallest absolute Gasteiger partial charge is 0.312 e. The molecule has 0 aliphatic rings. The molecular weight excluding hydrogens is 362 g/mol. The number of imidazole rings is 1. The molecule has 27 heavy (non-hydrogen) atoms. The van der Waals surface area contributed by atoms with Crippen LogP contribution >= 0.6 is 11.3 Å². The molecule has 8 heteroatoms. The number of nitrogens with zero attached hydrogens (tertiary/aromatic N) is 2. The molecule has 3 amide bonds. The highest BCUT2D eigenvalue weighted by Gasteiger charge is 2.24. The fraction of sp³-hybridized carbons (Fsp3) is 0.316. The Bertz CT molecular complexity index is 956. The second-order valence-corrected chi connectivity index (χ2v) is 8.24. The van der Waals surface area contributed by atoms with Crippen molar-refractivity contribution in [3.05, 3.63) is 46.7 Å². The first-order valence-corrected chi connectivity index (χ1v) is 9.51. The Hall–Kier alpha value is -2.87. The number of benzene rings is 1. The highest BCUT2D eigenvalue weighted by Crippen LogP contribution is 2.29. The molecule has 4 N–H and O–H groups in total. The Kier molecular flexibility index (Phi) is 5.18. The van der Waals surface area contributed by atoms with Crippen LogP contribution in [0, 0.1) is 0 Å². The number of para-hydroxylation sites is 2. The maximum absolute atomic E-state index is 12.7. The lowest BCUT2D eigenvalue weighted by Crippen LogP contribution is -2.35. The lowest BCUT2D eigenvalue weighted by atomic mass is 10.1. The summed E-state index contributed by atoms with van der Waals surface area (Å²) in [7, 11) is 0. The molecule has 0 aliphatic heterocycles. The summed E-state index contributed by atoms with van der Waals surface area (Å²) >= 11 is 1.46. The summed E-state index contributed by atoms with van der Waals surface area (Å²) in [6.07, 6.45) is 0.0663. The van der Waals surface area contributed by atoms with Crippen molar-refractivity contribution in [1.82, 2.24) is 14.9 Å². The zero-order valence-electron chi connectivity index (χ0n) is 15.5. The monoisotopic (exact) mass is 385 g/mol. The third-order valence-corrected chi connectivity index (χ3v) is 5.06. The summed E-state index contributed by atoms with van der Waals surface area (Å²) in [6, 6.07) is 10.3. The number of carbonyl (C=O) groups is 2. The summed E-state index contributed by atoms with van der Waals surface area (Å²) in [6.45, 7) is 6.17. The second kappa shape index (κ2) is 7.40. The standard InChI is InChI=1S/C19H23N5O2S/c1-19(2,3)24-14-8-5-4-7-12(14)22-18(24)23-16(25)11-13(21-17(20)26)15-9-6-10-27-15/h4-10,13H,11H2,1-3H3,(H3,20,21,26)(H,22,23,25). The SMILES string of the molecule is CC(C)(C)n1c(NC(=O)CC(NC(N)=O)c2cccs2)nc2ccccc21. The number of rotatable bonds is 5. The number of hydrogen-bond acceptors (Lipinski definition) is 4. The predicted molar refractivity (Wildman–Crippen MR) is 108 cm³/mol. The molecule has 7 nitrogen and oxygen atoms in total. The van der Waals surface area contributed by atoms with Gasteiger partial charge in [0.1, 0.15) is 0 Å². The Balaban J connectivity index is 1.86. The van der Waals surface area contributed by atoms with Crippen LogP contribution in [-0.2, 0) is 10.3 Å². The fourth-order valence-electron chi connectivity index (χ4n) is 3.03. The minimum atomic E-state index is -0.664. The highest BCUT2D eigenvalue weighted by atomic mass is 32.1. The minimum absolute atomic E-state index is 0.0663. The molecule has 1 unspecified atom stereocenters. The molecule has 142 valence electrons. The largest absolute Gasteiger partial charge is 0.352 e. The van der Waals surface area contributed by atoms with Gasteiger partial charge in [0.15, 0.2) is 0 Å². The molecule has 0 saturated carbocycles. The van der Waals surface area contributed by atoms with E-state index in [1.165, 1.54) is 11.3 Å². The molecule has 2 aromatic heterocycles. The van der Waals surface area contributed by atoms with Crippen LogP contribution in [0.15, 0.2) is 41.8 Å². The van der Waals surface area contributed by atoms with Gasteiger partial charge in [-0.25, -0.2) is 9.78 Å². The van der Waals surface area contributed by atoms with E-state index in [9.17, 15) is 9.59 Å². The number of amides is 3. The van der Waals surface area contributed by atoms with E-state index < -0.39 is 12.1 Å². The summed E-state index contributed by atoms with van der Waals surface area (Å²) in [5.74, 6) is 0.237. The summed E-state index contributed by atoms with van der Waals surface area (Å²) < 4.78 is 2.00. The van der Waals surface area contributed by atoms with Crippen molar-refractivity contribution in [2.75, 3.05) is 5.32 Å². The third-order valence-electron chi connectivity index (χ3n) is 4.08. The van der Waals surface area contributed by atoms with Crippen molar-refractivity contribution in [2.45, 2.75) is 38.8 Å². The van der Waals surface area contributed by atoms with Crippen LogP contribution in [0.4, 0.5) is 10.7 Å². The van der Waals surface area contributed by atoms with Gasteiger partial charge in [-0.1, -0.05) is 18.2 Å². The highest BCUT2D eigenvalue weighted by molar-refractivity contribution is 7.10. The van der Waals surface area contributed by atoms with Crippen LogP contribution in [-0.4, -0.2) is 21.5 Å². The summed E-state index contributed by atoms with van der Waals surface area (Å²) in [4.78, 5) is 29.5. The van der Waals surface area contributed by atoms with E-state index in [1.54, 1.807) is 0 Å². The number of aromatic nitrogens is 2. The molecule has 1 atom stereocenters. The van der Waals surface area contributed by atoms with E-state index in [0.29, 0.717) is 5.95 Å². The van der Waals surface area contributed by atoms with E-state index in [2.05, 4.69) is 36.4 Å². The van der Waals surface area contributed by atoms with Gasteiger partial charge in [-0.05, 0) is 44.4 Å². The number of nitrogens with one attached hydrogen (secondary N) is 2. The van der Waals surface area contributed by atoms with E-state index in [1.807, 2.05) is 46.3 Å². The zero-order valence-corrected chi connectivity index (χ0v) is 16.3. The van der Waals surface area contributed by atoms with Gasteiger partial charge in [-0.3, -0.25) is 10.1 Å². The van der Waals surface area contributed by atoms with Crippen molar-refractivity contribution in [3.63, 3.8) is 0 Å². The molecule has 0 spiro atoms. The number of nitrogens with two attached hydrogens (primary N) is 1. The summed E-state index contributed by atoms with van der Waals surface area (Å²) in [5.41, 5.74) is 6.76. The number of primary amides is 1. The molecule has 0 fully saturated rings. The van der Waals surface area contributed by atoms with E-state index in [0.717, 1.165) is 15.9 Å². The quantitative estimate of drug-likeness (QED) is 0.625. The summed E-state index contributed by atoms with van der Waals surface area (Å²) in [5, 5.41) is 7.42. The Labute approximate surface area is 161 Å². The van der Waals surface area contributed by atoms with Crippen molar-refractivity contribution in [1.29, 1.82) is 0 Å². The van der Waals surface area contributed by atoms with Gasteiger partial charge in [-0.15, -0.1) is 11.3 Å². The lowest BCUT2D eigenvalue weighted by Gasteiger charge is -2.24. The second-order valence-electron chi connectivity index (χ2n) is 7.26. The third kappa shape index (κ3) is 4.28. The van der Waals surface area contributed by atoms with Crippen molar-refractivity contribution < 1.29 is 9.59 Å². The molecule has 3 aromatic rings. The van der Waals surface area contributed by atoms with Gasteiger partial charge in [0, 0.05) is 10.4 Å². The van der Waals surface area contributed by atoms with Gasteiger partial charge in [0.2, 0.25) is 11.9 Å². The normalized spacial score (nSPS) is 12.7. The average molecular weight is 385 g/mol. The van der Waals surface area contributed by atoms with E-state index >= 15 is 0 Å². The van der Waals surface area contributed by atoms with Gasteiger partial charge < -0.3 is 15.6 Å². The first kappa shape index (κ1) is 18.9. The first-order chi connectivity index (χ1) is 12.8. The molecule has 1 aromatic carbocycles. The van der Waals surface area contributed by atoms with Crippen LogP contribution in [0.5, 0.6) is 0 Å². The Morgan fingerprint density at radius 1 is 1.22 bits per heavy atom. The number of thiophene rings is 1. The van der Waals surface area contributed by atoms with Gasteiger partial charge in [-0.2, -0.15) is 0 Å². The van der Waals surface area contributed by atoms with Crippen molar-refractivity contribution >= 4 is 40.3 Å². The maximum atomic E-state index is 12.7. The fourth-order valence-corrected chi connectivity index (χ4v) is 3.81. The number of hydrogen-bond donors (Lipinski definition) is 3. The van der Waals surface area contributed by atoms with Gasteiger partial charge >= 0.3 is 6.03 Å². The van der Waals surface area contributed by atoms with E-state index in [4.69, 9.17) is 5.73 Å². The van der Waals surface area contributed by atoms with Crippen LogP contribution < -0.4 is 16.4 Å². The van der Waals surface area contributed by atoms with Gasteiger partial charge in [0.05, 0.1) is 23.5 Å². The number of urea groups is 1. The van der Waals surface area contributed by atoms with E-state index in [-0.39, 0.29) is 17.9 Å². The molecule has 0 saturated heterocycles. The predicted octanol–water partition coefficient (Wildman–Crippen LogP) is 3.59. The Morgan fingerprint density at radius 2 is 1.96 bits per heavy atom. The molecule has 0 bridgehead atoms.